The summed E-state index contributed by atoms with van der Waals surface area (Å²) in [6.07, 6.45) is 1.64. The molecule has 0 saturated carbocycles. The predicted molar refractivity (Wildman–Crippen MR) is 70.1 cm³/mol. The number of likely N-dealkylation sites (tertiary alicyclic amines) is 1. The molecule has 1 heterocycles. The molecule has 0 radical (unpaired) electrons. The van der Waals surface area contributed by atoms with Crippen molar-refractivity contribution in [3.05, 3.63) is 29.3 Å². The molecule has 0 spiro atoms. The minimum atomic E-state index is -0.951. The van der Waals surface area contributed by atoms with Gasteiger partial charge >= 0.3 is 0 Å². The number of hydrogen-bond donors (Lipinski definition) is 2. The van der Waals surface area contributed by atoms with E-state index in [1.54, 1.807) is 11.8 Å². The Bertz CT molecular complexity index is 477. The average molecular weight is 284 g/mol. The lowest BCUT2D eigenvalue weighted by Crippen LogP contribution is -2.43. The smallest absolute Gasteiger partial charge is 0.219 e. The van der Waals surface area contributed by atoms with Gasteiger partial charge < -0.3 is 15.3 Å². The molecule has 0 aliphatic carbocycles. The van der Waals surface area contributed by atoms with E-state index in [0.717, 1.165) is 25.0 Å². The molecular formula is C14H18F2N2O2. The Morgan fingerprint density at radius 2 is 1.90 bits per heavy atom. The zero-order valence-electron chi connectivity index (χ0n) is 11.3. The Morgan fingerprint density at radius 3 is 2.40 bits per heavy atom. The molecule has 20 heavy (non-hydrogen) atoms. The van der Waals surface area contributed by atoms with Crippen LogP contribution in [0, 0.1) is 11.6 Å². The normalized spacial score (nSPS) is 16.4. The number of benzene rings is 1. The number of phenols is 1. The van der Waals surface area contributed by atoms with Crippen LogP contribution in [0.1, 0.15) is 25.3 Å². The number of carbonyl (C=O) groups is 1. The lowest BCUT2D eigenvalue weighted by atomic mass is 10.0. The molecule has 6 heteroatoms. The molecule has 1 amide bonds. The fraction of sp³-hybridized carbons (Fsp3) is 0.500. The predicted octanol–water partition coefficient (Wildman–Crippen LogP) is 1.77. The minimum absolute atomic E-state index is 0.0751. The number of aromatic hydroxyl groups is 1. The number of carbonyl (C=O) groups excluding carboxylic acids is 1. The highest BCUT2D eigenvalue weighted by Crippen LogP contribution is 2.21. The van der Waals surface area contributed by atoms with Crippen LogP contribution in [-0.4, -0.2) is 35.0 Å². The van der Waals surface area contributed by atoms with Crippen LogP contribution in [0.15, 0.2) is 12.1 Å². The first-order valence-electron chi connectivity index (χ1n) is 6.63. The molecule has 0 bridgehead atoms. The molecule has 1 saturated heterocycles. The third kappa shape index (κ3) is 3.45. The number of rotatable bonds is 3. The second-order valence-corrected chi connectivity index (χ2v) is 5.07. The molecule has 0 unspecified atom stereocenters. The van der Waals surface area contributed by atoms with Crippen molar-refractivity contribution in [3.63, 3.8) is 0 Å². The zero-order valence-corrected chi connectivity index (χ0v) is 11.3. The number of nitrogens with zero attached hydrogens (tertiary/aromatic N) is 1. The summed E-state index contributed by atoms with van der Waals surface area (Å²) in [4.78, 5) is 13.0. The third-order valence-corrected chi connectivity index (χ3v) is 3.61. The summed E-state index contributed by atoms with van der Waals surface area (Å²) >= 11 is 0. The van der Waals surface area contributed by atoms with Gasteiger partial charge in [-0.1, -0.05) is 0 Å². The van der Waals surface area contributed by atoms with Gasteiger partial charge in [-0.3, -0.25) is 4.79 Å². The Labute approximate surface area is 116 Å². The highest BCUT2D eigenvalue weighted by atomic mass is 19.1. The number of hydrogen-bond acceptors (Lipinski definition) is 3. The van der Waals surface area contributed by atoms with E-state index in [1.165, 1.54) is 0 Å². The number of nitrogens with one attached hydrogen (secondary N) is 1. The molecule has 0 atom stereocenters. The second kappa shape index (κ2) is 6.17. The molecule has 4 nitrogen and oxygen atoms in total. The van der Waals surface area contributed by atoms with E-state index >= 15 is 0 Å². The minimum Gasteiger partial charge on any atom is -0.503 e. The third-order valence-electron chi connectivity index (χ3n) is 3.61. The van der Waals surface area contributed by atoms with Gasteiger partial charge in [0.1, 0.15) is 0 Å². The molecule has 1 fully saturated rings. The topological polar surface area (TPSA) is 52.6 Å². The summed E-state index contributed by atoms with van der Waals surface area (Å²) in [5, 5.41) is 12.2. The molecule has 2 N–H and O–H groups in total. The molecule has 1 aliphatic rings. The van der Waals surface area contributed by atoms with Crippen molar-refractivity contribution in [2.45, 2.75) is 32.4 Å². The van der Waals surface area contributed by atoms with Crippen molar-refractivity contribution in [1.29, 1.82) is 0 Å². The largest absolute Gasteiger partial charge is 0.503 e. The number of phenolic OH excluding ortho intramolecular Hbond substituents is 1. The zero-order chi connectivity index (χ0) is 14.7. The molecule has 1 aromatic rings. The van der Waals surface area contributed by atoms with Crippen LogP contribution < -0.4 is 5.32 Å². The van der Waals surface area contributed by atoms with E-state index in [-0.39, 0.29) is 11.9 Å². The standard InChI is InChI=1S/C14H18F2N2O2/c1-9(19)18-4-2-11(3-5-18)17-8-10-6-12(15)14(20)13(16)7-10/h6-7,11,17,20H,2-5,8H2,1H3. The number of halogens is 2. The van der Waals surface area contributed by atoms with Gasteiger partial charge in [-0.05, 0) is 30.5 Å². The van der Waals surface area contributed by atoms with Gasteiger partial charge in [0, 0.05) is 32.6 Å². The van der Waals surface area contributed by atoms with Gasteiger partial charge in [0.15, 0.2) is 17.4 Å². The molecule has 1 aromatic carbocycles. The van der Waals surface area contributed by atoms with Crippen molar-refractivity contribution >= 4 is 5.91 Å². The molecule has 2 rings (SSSR count). The number of piperidine rings is 1. The van der Waals surface area contributed by atoms with E-state index in [1.807, 2.05) is 0 Å². The van der Waals surface area contributed by atoms with Crippen LogP contribution in [0.4, 0.5) is 8.78 Å². The van der Waals surface area contributed by atoms with Gasteiger partial charge in [0.2, 0.25) is 5.91 Å². The van der Waals surface area contributed by atoms with Crippen molar-refractivity contribution in [2.75, 3.05) is 13.1 Å². The van der Waals surface area contributed by atoms with Crippen LogP contribution in [0.25, 0.3) is 0 Å². The van der Waals surface area contributed by atoms with E-state index in [2.05, 4.69) is 5.32 Å². The monoisotopic (exact) mass is 284 g/mol. The van der Waals surface area contributed by atoms with Gasteiger partial charge in [0.25, 0.3) is 0 Å². The first kappa shape index (κ1) is 14.7. The summed E-state index contributed by atoms with van der Waals surface area (Å²) in [5.41, 5.74) is 0.451. The van der Waals surface area contributed by atoms with Crippen LogP contribution in [-0.2, 0) is 11.3 Å². The average Bonchev–Trinajstić information content (AvgIpc) is 2.42. The fourth-order valence-electron chi connectivity index (χ4n) is 2.38. The van der Waals surface area contributed by atoms with Gasteiger partial charge in [0.05, 0.1) is 0 Å². The van der Waals surface area contributed by atoms with Crippen molar-refractivity contribution in [1.82, 2.24) is 10.2 Å². The maximum absolute atomic E-state index is 13.2. The van der Waals surface area contributed by atoms with Crippen LogP contribution in [0.5, 0.6) is 5.75 Å². The summed E-state index contributed by atoms with van der Waals surface area (Å²) < 4.78 is 26.4. The lowest BCUT2D eigenvalue weighted by Gasteiger charge is -2.31. The van der Waals surface area contributed by atoms with E-state index in [9.17, 15) is 13.6 Å². The Kier molecular flexibility index (Phi) is 4.54. The second-order valence-electron chi connectivity index (χ2n) is 5.07. The summed E-state index contributed by atoms with van der Waals surface area (Å²) in [5.74, 6) is -2.77. The molecule has 1 aliphatic heterocycles. The van der Waals surface area contributed by atoms with E-state index in [0.29, 0.717) is 25.2 Å². The molecule has 110 valence electrons. The first-order chi connectivity index (χ1) is 9.47. The van der Waals surface area contributed by atoms with Crippen molar-refractivity contribution in [3.8, 4) is 5.75 Å². The van der Waals surface area contributed by atoms with E-state index in [4.69, 9.17) is 5.11 Å². The van der Waals surface area contributed by atoms with Crippen LogP contribution in [0.3, 0.4) is 0 Å². The number of amides is 1. The van der Waals surface area contributed by atoms with Gasteiger partial charge in [-0.2, -0.15) is 0 Å². The maximum atomic E-state index is 13.2. The highest BCUT2D eigenvalue weighted by Gasteiger charge is 2.20. The Balaban J connectivity index is 1.86. The van der Waals surface area contributed by atoms with Gasteiger partial charge in [-0.15, -0.1) is 0 Å². The lowest BCUT2D eigenvalue weighted by molar-refractivity contribution is -0.129. The fourth-order valence-corrected chi connectivity index (χ4v) is 2.38. The van der Waals surface area contributed by atoms with Crippen LogP contribution in [0.2, 0.25) is 0 Å². The summed E-state index contributed by atoms with van der Waals surface area (Å²) in [7, 11) is 0. The SMILES string of the molecule is CC(=O)N1CCC(NCc2cc(F)c(O)c(F)c2)CC1. The Hall–Kier alpha value is -1.69. The summed E-state index contributed by atoms with van der Waals surface area (Å²) in [6, 6.07) is 2.47. The van der Waals surface area contributed by atoms with Crippen LogP contribution >= 0.6 is 0 Å². The summed E-state index contributed by atoms with van der Waals surface area (Å²) in [6.45, 7) is 3.28. The highest BCUT2D eigenvalue weighted by molar-refractivity contribution is 5.73. The first-order valence-corrected chi connectivity index (χ1v) is 6.63. The van der Waals surface area contributed by atoms with E-state index < -0.39 is 17.4 Å². The Morgan fingerprint density at radius 1 is 1.35 bits per heavy atom. The van der Waals surface area contributed by atoms with Gasteiger partial charge in [-0.25, -0.2) is 8.78 Å². The molecule has 0 aromatic heterocycles. The quantitative estimate of drug-likeness (QED) is 0.889. The maximum Gasteiger partial charge on any atom is 0.219 e. The van der Waals surface area contributed by atoms with Crippen molar-refractivity contribution in [2.24, 2.45) is 0 Å². The molecular weight excluding hydrogens is 266 g/mol. The van der Waals surface area contributed by atoms with Crippen molar-refractivity contribution < 1.29 is 18.7 Å².